The molecule has 0 aliphatic rings. The average molecular weight is 184 g/mol. The maximum Gasteiger partial charge on any atom is 0.115 e. The van der Waals surface area contributed by atoms with E-state index in [1.54, 1.807) is 12.1 Å². The molecule has 2 heteroatoms. The molecule has 1 rings (SSSR count). The molecule has 0 heterocycles. The maximum atomic E-state index is 8.76. The van der Waals surface area contributed by atoms with E-state index < -0.39 is 0 Å². The molecule has 0 aliphatic carbocycles. The van der Waals surface area contributed by atoms with Crippen molar-refractivity contribution >= 4 is 11.8 Å². The summed E-state index contributed by atoms with van der Waals surface area (Å²) >= 11 is 1.86. The molecule has 0 bridgehead atoms. The first-order valence-corrected chi connectivity index (χ1v) is 5.34. The van der Waals surface area contributed by atoms with Gasteiger partial charge in [0.15, 0.2) is 0 Å². The van der Waals surface area contributed by atoms with Gasteiger partial charge in [-0.1, -0.05) is 24.6 Å². The molecule has 12 heavy (non-hydrogen) atoms. The summed E-state index contributed by atoms with van der Waals surface area (Å²) in [7, 11) is 0. The van der Waals surface area contributed by atoms with E-state index in [1.807, 2.05) is 30.8 Å². The Bertz CT molecular complexity index is 170. The minimum Gasteiger partial charge on any atom is -0.508 e. The van der Waals surface area contributed by atoms with E-state index in [1.165, 1.54) is 11.3 Å². The lowest BCUT2D eigenvalue weighted by Gasteiger charge is -1.89. The number of phenolic OH excluding ortho intramolecular Hbond substituents is 1. The Morgan fingerprint density at radius 2 is 1.67 bits per heavy atom. The summed E-state index contributed by atoms with van der Waals surface area (Å²) in [5.41, 5.74) is 1.17. The first-order chi connectivity index (χ1) is 5.70. The van der Waals surface area contributed by atoms with Crippen molar-refractivity contribution in [3.8, 4) is 5.75 Å². The second kappa shape index (κ2) is 7.04. The van der Waals surface area contributed by atoms with Gasteiger partial charge in [0.1, 0.15) is 5.75 Å². The fourth-order valence-corrected chi connectivity index (χ4v) is 0.545. The van der Waals surface area contributed by atoms with Crippen molar-refractivity contribution in [2.45, 2.75) is 13.8 Å². The van der Waals surface area contributed by atoms with Crippen molar-refractivity contribution in [1.82, 2.24) is 0 Å². The minimum absolute atomic E-state index is 0.329. The van der Waals surface area contributed by atoms with Gasteiger partial charge in [-0.2, -0.15) is 11.8 Å². The molecular weight excluding hydrogens is 168 g/mol. The fraction of sp³-hybridized carbons (Fsp3) is 0.400. The Kier molecular flexibility index (Phi) is 6.67. The summed E-state index contributed by atoms with van der Waals surface area (Å²) in [6.07, 6.45) is 2.10. The molecule has 0 aromatic heterocycles. The largest absolute Gasteiger partial charge is 0.508 e. The molecule has 0 unspecified atom stereocenters. The van der Waals surface area contributed by atoms with Gasteiger partial charge in [-0.3, -0.25) is 0 Å². The predicted molar refractivity (Wildman–Crippen MR) is 56.9 cm³/mol. The van der Waals surface area contributed by atoms with Gasteiger partial charge in [-0.25, -0.2) is 0 Å². The van der Waals surface area contributed by atoms with Crippen LogP contribution in [0.25, 0.3) is 0 Å². The van der Waals surface area contributed by atoms with Crippen molar-refractivity contribution < 1.29 is 5.11 Å². The van der Waals surface area contributed by atoms with Crippen LogP contribution < -0.4 is 0 Å². The summed E-state index contributed by atoms with van der Waals surface area (Å²) in [5, 5.41) is 8.76. The van der Waals surface area contributed by atoms with E-state index in [4.69, 9.17) is 5.11 Å². The van der Waals surface area contributed by atoms with Crippen molar-refractivity contribution in [3.05, 3.63) is 29.8 Å². The number of hydrogen-bond donors (Lipinski definition) is 1. The van der Waals surface area contributed by atoms with E-state index in [9.17, 15) is 0 Å². The Morgan fingerprint density at radius 1 is 1.25 bits per heavy atom. The van der Waals surface area contributed by atoms with E-state index in [2.05, 4.69) is 13.2 Å². The quantitative estimate of drug-likeness (QED) is 0.724. The lowest BCUT2D eigenvalue weighted by atomic mass is 10.2. The Morgan fingerprint density at radius 3 is 1.92 bits per heavy atom. The molecular formula is C10H16OS. The van der Waals surface area contributed by atoms with Crippen LogP contribution in [0.2, 0.25) is 0 Å². The van der Waals surface area contributed by atoms with Gasteiger partial charge in [-0.15, -0.1) is 0 Å². The van der Waals surface area contributed by atoms with Crippen molar-refractivity contribution in [2.24, 2.45) is 0 Å². The fourth-order valence-electron chi connectivity index (χ4n) is 0.545. The smallest absolute Gasteiger partial charge is 0.115 e. The molecule has 1 aromatic carbocycles. The number of thioether (sulfide) groups is 1. The number of hydrogen-bond acceptors (Lipinski definition) is 2. The molecule has 0 atom stereocenters. The van der Waals surface area contributed by atoms with Crippen molar-refractivity contribution in [2.75, 3.05) is 12.0 Å². The van der Waals surface area contributed by atoms with Gasteiger partial charge in [0.2, 0.25) is 0 Å². The molecule has 0 fully saturated rings. The lowest BCUT2D eigenvalue weighted by molar-refractivity contribution is 0.475. The van der Waals surface area contributed by atoms with Gasteiger partial charge in [0.25, 0.3) is 0 Å². The SMILES string of the molecule is CCSC.Cc1ccc(O)cc1. The molecule has 0 saturated heterocycles. The predicted octanol–water partition coefficient (Wildman–Crippen LogP) is 3.07. The second-order valence-corrected chi connectivity index (χ2v) is 3.57. The molecule has 68 valence electrons. The molecule has 0 saturated carbocycles. The zero-order valence-corrected chi connectivity index (χ0v) is 8.69. The van der Waals surface area contributed by atoms with Gasteiger partial charge in [0, 0.05) is 0 Å². The van der Waals surface area contributed by atoms with Gasteiger partial charge < -0.3 is 5.11 Å². The summed E-state index contributed by atoms with van der Waals surface area (Å²) in [6, 6.07) is 7.09. The van der Waals surface area contributed by atoms with E-state index in [-0.39, 0.29) is 0 Å². The van der Waals surface area contributed by atoms with Gasteiger partial charge in [-0.05, 0) is 31.1 Å². The number of benzene rings is 1. The van der Waals surface area contributed by atoms with Gasteiger partial charge in [0.05, 0.1) is 0 Å². The first-order valence-electron chi connectivity index (χ1n) is 3.95. The number of aryl methyl sites for hydroxylation is 1. The highest BCUT2D eigenvalue weighted by molar-refractivity contribution is 7.98. The van der Waals surface area contributed by atoms with Crippen molar-refractivity contribution in [3.63, 3.8) is 0 Å². The molecule has 1 N–H and O–H groups in total. The summed E-state index contributed by atoms with van der Waals surface area (Å²) < 4.78 is 0. The molecule has 0 radical (unpaired) electrons. The van der Waals surface area contributed by atoms with Crippen LogP contribution in [0.1, 0.15) is 12.5 Å². The van der Waals surface area contributed by atoms with E-state index in [0.29, 0.717) is 5.75 Å². The standard InChI is InChI=1S/C7H8O.C3H8S/c1-6-2-4-7(8)5-3-6;1-3-4-2/h2-5,8H,1H3;3H2,1-2H3. The third-order valence-corrected chi connectivity index (χ3v) is 1.90. The Balaban J connectivity index is 0.000000261. The minimum atomic E-state index is 0.329. The number of aromatic hydroxyl groups is 1. The van der Waals surface area contributed by atoms with Gasteiger partial charge >= 0.3 is 0 Å². The third-order valence-electron chi connectivity index (χ3n) is 1.32. The molecule has 1 aromatic rings. The highest BCUT2D eigenvalue weighted by atomic mass is 32.2. The third kappa shape index (κ3) is 6.10. The summed E-state index contributed by atoms with van der Waals surface area (Å²) in [5.74, 6) is 1.57. The highest BCUT2D eigenvalue weighted by Crippen LogP contribution is 2.07. The Hall–Kier alpha value is -0.630. The second-order valence-electron chi connectivity index (χ2n) is 2.41. The normalized spacial score (nSPS) is 8.58. The number of phenols is 1. The molecule has 0 amide bonds. The van der Waals surface area contributed by atoms with Crippen LogP contribution in [0.4, 0.5) is 0 Å². The molecule has 1 nitrogen and oxygen atoms in total. The van der Waals surface area contributed by atoms with Crippen molar-refractivity contribution in [1.29, 1.82) is 0 Å². The number of rotatable bonds is 1. The van der Waals surface area contributed by atoms with Crippen LogP contribution in [-0.2, 0) is 0 Å². The van der Waals surface area contributed by atoms with Crippen LogP contribution >= 0.6 is 11.8 Å². The monoisotopic (exact) mass is 184 g/mol. The first kappa shape index (κ1) is 11.4. The zero-order valence-electron chi connectivity index (χ0n) is 7.87. The van der Waals surface area contributed by atoms with Crippen LogP contribution in [-0.4, -0.2) is 17.1 Å². The van der Waals surface area contributed by atoms with Crippen LogP contribution in [0.15, 0.2) is 24.3 Å². The maximum absolute atomic E-state index is 8.76. The average Bonchev–Trinajstić information content (AvgIpc) is 2.11. The summed E-state index contributed by atoms with van der Waals surface area (Å²) in [6.45, 7) is 4.13. The zero-order chi connectivity index (χ0) is 9.40. The molecule has 0 aliphatic heterocycles. The van der Waals surface area contributed by atoms with Crippen LogP contribution in [0.5, 0.6) is 5.75 Å². The van der Waals surface area contributed by atoms with Crippen LogP contribution in [0, 0.1) is 6.92 Å². The highest BCUT2D eigenvalue weighted by Gasteiger charge is 1.82. The topological polar surface area (TPSA) is 20.2 Å². The lowest BCUT2D eigenvalue weighted by Crippen LogP contribution is -1.66. The van der Waals surface area contributed by atoms with E-state index in [0.717, 1.165) is 0 Å². The molecule has 0 spiro atoms. The van der Waals surface area contributed by atoms with Crippen LogP contribution in [0.3, 0.4) is 0 Å². The summed E-state index contributed by atoms with van der Waals surface area (Å²) in [4.78, 5) is 0. The Labute approximate surface area is 78.8 Å². The van der Waals surface area contributed by atoms with E-state index >= 15 is 0 Å².